The molecule has 180 valence electrons. The summed E-state index contributed by atoms with van der Waals surface area (Å²) in [6.45, 7) is 0.788. The number of halogens is 1. The molecule has 1 aliphatic heterocycles. The first-order valence-electron chi connectivity index (χ1n) is 11.4. The maximum atomic E-state index is 13.7. The fourth-order valence-corrected chi connectivity index (χ4v) is 3.95. The minimum absolute atomic E-state index is 0.110. The Balaban J connectivity index is 1.54. The molecule has 8 heteroatoms. The molecule has 0 bridgehead atoms. The average molecular weight is 482 g/mol. The lowest BCUT2D eigenvalue weighted by Crippen LogP contribution is -3.06. The van der Waals surface area contributed by atoms with E-state index in [9.17, 15) is 9.60 Å². The van der Waals surface area contributed by atoms with E-state index in [0.29, 0.717) is 39.8 Å². The molecule has 4 aromatic rings. The van der Waals surface area contributed by atoms with Crippen LogP contribution in [0.25, 0.3) is 11.4 Å². The Morgan fingerprint density at radius 1 is 0.889 bits per heavy atom. The Morgan fingerprint density at radius 3 is 2.28 bits per heavy atom. The van der Waals surface area contributed by atoms with E-state index < -0.39 is 0 Å². The molecule has 2 heterocycles. The monoisotopic (exact) mass is 481 g/mol. The van der Waals surface area contributed by atoms with Gasteiger partial charge in [-0.3, -0.25) is 5.06 Å². The molecule has 1 aromatic heterocycles. The molecule has 0 amide bonds. The average Bonchev–Trinajstić information content (AvgIpc) is 3.22. The Morgan fingerprint density at radius 2 is 1.58 bits per heavy atom. The van der Waals surface area contributed by atoms with Crippen molar-refractivity contribution in [2.24, 2.45) is 4.99 Å². The molecule has 36 heavy (non-hydrogen) atoms. The molecule has 0 saturated carbocycles. The number of benzene rings is 3. The highest BCUT2D eigenvalue weighted by atomic mass is 19.1. The van der Waals surface area contributed by atoms with Gasteiger partial charge in [-0.05, 0) is 74.3 Å². The minimum Gasteiger partial charge on any atom is -0.622 e. The number of nitrogens with one attached hydrogen (secondary N) is 1. The third-order valence-electron chi connectivity index (χ3n) is 5.59. The van der Waals surface area contributed by atoms with Crippen molar-refractivity contribution in [2.45, 2.75) is 6.54 Å². The van der Waals surface area contributed by atoms with Gasteiger partial charge in [0.15, 0.2) is 5.70 Å². The summed E-state index contributed by atoms with van der Waals surface area (Å²) < 4.78 is 19.4. The van der Waals surface area contributed by atoms with Crippen LogP contribution in [0.5, 0.6) is 11.8 Å². The molecule has 7 nitrogen and oxygen atoms in total. The molecule has 0 aliphatic carbocycles. The van der Waals surface area contributed by atoms with E-state index in [1.165, 1.54) is 18.3 Å². The van der Waals surface area contributed by atoms with Gasteiger partial charge in [0.2, 0.25) is 5.84 Å². The SMILES string of the molecule is CN(C)Cc1ccc(C2=NC(c3ccc(F)cc3)=C(c3ccnc(Oc4ccccc4)n3)[NH+]2[O-])cc1. The highest BCUT2D eigenvalue weighted by molar-refractivity contribution is 6.06. The van der Waals surface area contributed by atoms with E-state index in [4.69, 9.17) is 9.73 Å². The van der Waals surface area contributed by atoms with Gasteiger partial charge in [-0.1, -0.05) is 30.3 Å². The number of hydroxylamine groups is 2. The first-order valence-corrected chi connectivity index (χ1v) is 11.4. The maximum absolute atomic E-state index is 13.7. The largest absolute Gasteiger partial charge is 0.622 e. The lowest BCUT2D eigenvalue weighted by atomic mass is 10.1. The molecule has 1 aliphatic rings. The second kappa shape index (κ2) is 10.2. The summed E-state index contributed by atoms with van der Waals surface area (Å²) in [7, 11) is 4.00. The Labute approximate surface area is 208 Å². The summed E-state index contributed by atoms with van der Waals surface area (Å²) in [6.07, 6.45) is 1.54. The topological polar surface area (TPSA) is 78.1 Å². The van der Waals surface area contributed by atoms with Gasteiger partial charge < -0.3 is 14.8 Å². The zero-order chi connectivity index (χ0) is 25.1. The second-order valence-electron chi connectivity index (χ2n) is 8.59. The van der Waals surface area contributed by atoms with Crippen LogP contribution in [0.1, 0.15) is 22.4 Å². The lowest BCUT2D eigenvalue weighted by Gasteiger charge is -2.21. The number of hydrogen-bond donors (Lipinski definition) is 1. The van der Waals surface area contributed by atoms with Gasteiger partial charge in [0.05, 0.1) is 5.56 Å². The molecule has 3 aromatic carbocycles. The molecular formula is C28H24FN5O2. The number of aliphatic imine (C=N–C) groups is 1. The Bertz CT molecular complexity index is 1420. The van der Waals surface area contributed by atoms with Gasteiger partial charge in [-0.15, -0.1) is 0 Å². The molecule has 5 rings (SSSR count). The van der Waals surface area contributed by atoms with Crippen LogP contribution >= 0.6 is 0 Å². The number of nitrogens with zero attached hydrogens (tertiary/aromatic N) is 4. The van der Waals surface area contributed by atoms with E-state index in [-0.39, 0.29) is 16.9 Å². The summed E-state index contributed by atoms with van der Waals surface area (Å²) in [5.41, 5.74) is 3.56. The summed E-state index contributed by atoms with van der Waals surface area (Å²) in [6, 6.07) is 24.6. The van der Waals surface area contributed by atoms with Gasteiger partial charge in [0.1, 0.15) is 23.0 Å². The van der Waals surface area contributed by atoms with Gasteiger partial charge in [0, 0.05) is 18.3 Å². The number of quaternary nitrogens is 1. The Kier molecular flexibility index (Phi) is 6.64. The summed E-state index contributed by atoms with van der Waals surface area (Å²) in [5, 5.41) is 13.5. The molecule has 1 unspecified atom stereocenters. The van der Waals surface area contributed by atoms with E-state index in [1.807, 2.05) is 56.6 Å². The smallest absolute Gasteiger partial charge is 0.322 e. The van der Waals surface area contributed by atoms with Crippen LogP contribution in [-0.2, 0) is 6.54 Å². The fraction of sp³-hybridized carbons (Fsp3) is 0.107. The second-order valence-corrected chi connectivity index (χ2v) is 8.59. The van der Waals surface area contributed by atoms with Crippen LogP contribution in [0.15, 0.2) is 96.1 Å². The van der Waals surface area contributed by atoms with Crippen LogP contribution < -0.4 is 9.80 Å². The molecule has 1 atom stereocenters. The van der Waals surface area contributed by atoms with E-state index >= 15 is 0 Å². The fourth-order valence-electron chi connectivity index (χ4n) is 3.95. The highest BCUT2D eigenvalue weighted by Gasteiger charge is 2.32. The van der Waals surface area contributed by atoms with Crippen molar-refractivity contribution in [1.29, 1.82) is 0 Å². The number of aromatic nitrogens is 2. The van der Waals surface area contributed by atoms with Gasteiger partial charge >= 0.3 is 6.01 Å². The van der Waals surface area contributed by atoms with Crippen molar-refractivity contribution >= 4 is 17.2 Å². The minimum atomic E-state index is -0.369. The first-order chi connectivity index (χ1) is 17.5. The molecule has 0 saturated heterocycles. The first kappa shape index (κ1) is 23.5. The van der Waals surface area contributed by atoms with Crippen molar-refractivity contribution < 1.29 is 14.2 Å². The Hall–Kier alpha value is -4.24. The van der Waals surface area contributed by atoms with Gasteiger partial charge in [0.25, 0.3) is 0 Å². The lowest BCUT2D eigenvalue weighted by molar-refractivity contribution is -0.655. The predicted molar refractivity (Wildman–Crippen MR) is 136 cm³/mol. The summed E-state index contributed by atoms with van der Waals surface area (Å²) in [4.78, 5) is 15.5. The van der Waals surface area contributed by atoms with Gasteiger partial charge in [-0.25, -0.2) is 9.37 Å². The zero-order valence-electron chi connectivity index (χ0n) is 19.9. The molecule has 0 spiro atoms. The third kappa shape index (κ3) is 5.06. The van der Waals surface area contributed by atoms with Crippen LogP contribution in [0, 0.1) is 11.0 Å². The van der Waals surface area contributed by atoms with Crippen LogP contribution in [0.2, 0.25) is 0 Å². The molecule has 0 fully saturated rings. The van der Waals surface area contributed by atoms with Crippen LogP contribution in [0.4, 0.5) is 4.39 Å². The van der Waals surface area contributed by atoms with E-state index in [2.05, 4.69) is 14.9 Å². The van der Waals surface area contributed by atoms with Crippen LogP contribution in [0.3, 0.4) is 0 Å². The van der Waals surface area contributed by atoms with E-state index in [0.717, 1.165) is 12.1 Å². The van der Waals surface area contributed by atoms with Crippen molar-refractivity contribution in [3.05, 3.63) is 125 Å². The van der Waals surface area contributed by atoms with E-state index in [1.54, 1.807) is 30.3 Å². The predicted octanol–water partition coefficient (Wildman–Crippen LogP) is 4.14. The zero-order valence-corrected chi connectivity index (χ0v) is 19.9. The van der Waals surface area contributed by atoms with Crippen molar-refractivity contribution in [2.75, 3.05) is 14.1 Å². The summed E-state index contributed by atoms with van der Waals surface area (Å²) >= 11 is 0. The molecular weight excluding hydrogens is 457 g/mol. The standard InChI is InChI=1S/C28H24FN5O2/c1-33(2)18-19-8-10-21(11-9-19)27-32-25(20-12-14-22(29)15-13-20)26(34(27)35)24-16-17-30-28(31-24)36-23-6-4-3-5-7-23/h3-17,34H,18H2,1-2H3. The summed E-state index contributed by atoms with van der Waals surface area (Å²) in [5.74, 6) is 0.520. The van der Waals surface area contributed by atoms with Crippen molar-refractivity contribution in [3.63, 3.8) is 0 Å². The quantitative estimate of drug-likeness (QED) is 0.402. The third-order valence-corrected chi connectivity index (χ3v) is 5.59. The number of hydrogen-bond acceptors (Lipinski definition) is 6. The van der Waals surface area contributed by atoms with Crippen molar-refractivity contribution in [3.8, 4) is 11.8 Å². The number of para-hydroxylation sites is 1. The highest BCUT2D eigenvalue weighted by Crippen LogP contribution is 2.28. The molecule has 1 N–H and O–H groups in total. The van der Waals surface area contributed by atoms with Gasteiger partial charge in [-0.2, -0.15) is 9.98 Å². The number of rotatable bonds is 7. The number of ether oxygens (including phenoxy) is 1. The van der Waals surface area contributed by atoms with Crippen molar-refractivity contribution in [1.82, 2.24) is 14.9 Å². The maximum Gasteiger partial charge on any atom is 0.322 e. The normalized spacial score (nSPS) is 15.4. The molecule has 0 radical (unpaired) electrons. The van der Waals surface area contributed by atoms with Crippen LogP contribution in [-0.4, -0.2) is 34.8 Å². The number of amidine groups is 1.